The Kier molecular flexibility index (Phi) is 5.03. The van der Waals surface area contributed by atoms with Crippen LogP contribution in [0.2, 0.25) is 0 Å². The third-order valence-electron chi connectivity index (χ3n) is 4.51. The van der Waals surface area contributed by atoms with Gasteiger partial charge in [-0.2, -0.15) is 0 Å². The molecule has 0 unspecified atom stereocenters. The molecule has 0 bridgehead atoms. The van der Waals surface area contributed by atoms with E-state index in [-0.39, 0.29) is 5.91 Å². The Labute approximate surface area is 147 Å². The highest BCUT2D eigenvalue weighted by molar-refractivity contribution is 5.97. The van der Waals surface area contributed by atoms with Crippen LogP contribution in [0.25, 0.3) is 0 Å². The van der Waals surface area contributed by atoms with Gasteiger partial charge in [0.25, 0.3) is 0 Å². The van der Waals surface area contributed by atoms with Crippen LogP contribution in [0.15, 0.2) is 48.5 Å². The lowest BCUT2D eigenvalue weighted by molar-refractivity contribution is -0.119. The van der Waals surface area contributed by atoms with Crippen LogP contribution in [0.1, 0.15) is 24.0 Å². The number of nitrogens with zero attached hydrogens (tertiary/aromatic N) is 1. The Morgan fingerprint density at radius 1 is 1.08 bits per heavy atom. The molecule has 1 N–H and O–H groups in total. The molecule has 25 heavy (non-hydrogen) atoms. The second-order valence-electron chi connectivity index (χ2n) is 6.32. The molecule has 1 aliphatic rings. The van der Waals surface area contributed by atoms with Crippen LogP contribution in [-0.2, 0) is 4.79 Å². The van der Waals surface area contributed by atoms with Crippen LogP contribution in [-0.4, -0.2) is 29.5 Å². The van der Waals surface area contributed by atoms with Gasteiger partial charge in [-0.05, 0) is 62.1 Å². The number of carbonyl (C=O) groups excluding carboxylic acids is 2. The van der Waals surface area contributed by atoms with Crippen molar-refractivity contribution in [1.82, 2.24) is 4.90 Å². The fourth-order valence-corrected chi connectivity index (χ4v) is 2.95. The number of aryl methyl sites for hydroxylation is 2. The van der Waals surface area contributed by atoms with Crippen molar-refractivity contribution in [3.8, 4) is 5.75 Å². The Balaban J connectivity index is 1.66. The summed E-state index contributed by atoms with van der Waals surface area (Å²) < 4.78 is 5.37. The highest BCUT2D eigenvalue weighted by Gasteiger charge is 2.35. The van der Waals surface area contributed by atoms with Crippen molar-refractivity contribution in [2.45, 2.75) is 32.7 Å². The number of rotatable bonds is 3. The number of likely N-dealkylation sites (tertiary alicyclic amines) is 1. The molecule has 1 aliphatic heterocycles. The molecule has 0 aliphatic carbocycles. The Morgan fingerprint density at radius 3 is 2.56 bits per heavy atom. The molecule has 5 heteroatoms. The summed E-state index contributed by atoms with van der Waals surface area (Å²) in [5, 5.41) is 2.91. The van der Waals surface area contributed by atoms with Gasteiger partial charge in [-0.25, -0.2) is 4.79 Å². The maximum absolute atomic E-state index is 12.6. The Hall–Kier alpha value is -2.82. The van der Waals surface area contributed by atoms with Crippen LogP contribution in [0, 0.1) is 13.8 Å². The summed E-state index contributed by atoms with van der Waals surface area (Å²) in [5.41, 5.74) is 3.04. The van der Waals surface area contributed by atoms with Gasteiger partial charge >= 0.3 is 6.09 Å². The minimum Gasteiger partial charge on any atom is -0.410 e. The van der Waals surface area contributed by atoms with Gasteiger partial charge in [-0.15, -0.1) is 0 Å². The molecule has 130 valence electrons. The second kappa shape index (κ2) is 7.38. The van der Waals surface area contributed by atoms with E-state index in [1.807, 2.05) is 38.1 Å². The molecule has 0 aromatic heterocycles. The van der Waals surface area contributed by atoms with Gasteiger partial charge in [0.2, 0.25) is 5.91 Å². The number of anilines is 1. The van der Waals surface area contributed by atoms with E-state index >= 15 is 0 Å². The summed E-state index contributed by atoms with van der Waals surface area (Å²) in [4.78, 5) is 26.5. The van der Waals surface area contributed by atoms with E-state index in [2.05, 4.69) is 5.32 Å². The SMILES string of the molecule is Cc1ccc(NC(=O)[C@@H]2CCCN2C(=O)Oc2ccccc2)cc1C. The largest absolute Gasteiger partial charge is 0.415 e. The number of hydrogen-bond acceptors (Lipinski definition) is 3. The van der Waals surface area contributed by atoms with Crippen molar-refractivity contribution < 1.29 is 14.3 Å². The molecular weight excluding hydrogens is 316 g/mol. The average Bonchev–Trinajstić information content (AvgIpc) is 3.09. The Bertz CT molecular complexity index is 774. The zero-order chi connectivity index (χ0) is 17.8. The predicted octanol–water partition coefficient (Wildman–Crippen LogP) is 3.91. The summed E-state index contributed by atoms with van der Waals surface area (Å²) in [7, 11) is 0. The van der Waals surface area contributed by atoms with Crippen LogP contribution in [0.5, 0.6) is 5.75 Å². The summed E-state index contributed by atoms with van der Waals surface area (Å²) in [6.07, 6.45) is 0.944. The first-order valence-corrected chi connectivity index (χ1v) is 8.46. The zero-order valence-corrected chi connectivity index (χ0v) is 14.5. The fraction of sp³-hybridized carbons (Fsp3) is 0.300. The highest BCUT2D eigenvalue weighted by Crippen LogP contribution is 2.22. The third kappa shape index (κ3) is 3.99. The molecule has 1 saturated heterocycles. The average molecular weight is 338 g/mol. The van der Waals surface area contributed by atoms with E-state index in [1.165, 1.54) is 10.5 Å². The topological polar surface area (TPSA) is 58.6 Å². The number of benzene rings is 2. The van der Waals surface area contributed by atoms with E-state index in [4.69, 9.17) is 4.74 Å². The molecule has 2 amide bonds. The predicted molar refractivity (Wildman–Crippen MR) is 96.7 cm³/mol. The van der Waals surface area contributed by atoms with E-state index in [0.29, 0.717) is 18.7 Å². The lowest BCUT2D eigenvalue weighted by Crippen LogP contribution is -2.44. The zero-order valence-electron chi connectivity index (χ0n) is 14.5. The van der Waals surface area contributed by atoms with E-state index in [9.17, 15) is 9.59 Å². The van der Waals surface area contributed by atoms with Gasteiger partial charge in [0.05, 0.1) is 0 Å². The van der Waals surface area contributed by atoms with E-state index in [0.717, 1.165) is 17.7 Å². The lowest BCUT2D eigenvalue weighted by Gasteiger charge is -2.23. The van der Waals surface area contributed by atoms with Crippen molar-refractivity contribution in [2.75, 3.05) is 11.9 Å². The molecule has 2 aromatic carbocycles. The van der Waals surface area contributed by atoms with Crippen molar-refractivity contribution in [3.63, 3.8) is 0 Å². The monoisotopic (exact) mass is 338 g/mol. The van der Waals surface area contributed by atoms with Crippen LogP contribution >= 0.6 is 0 Å². The number of amides is 2. The number of ether oxygens (including phenoxy) is 1. The molecule has 0 spiro atoms. The van der Waals surface area contributed by atoms with Gasteiger partial charge in [0.1, 0.15) is 11.8 Å². The lowest BCUT2D eigenvalue weighted by atomic mass is 10.1. The first kappa shape index (κ1) is 17.0. The molecule has 1 fully saturated rings. The minimum atomic E-state index is -0.502. The molecule has 0 saturated carbocycles. The standard InChI is InChI=1S/C20H22N2O3/c1-14-10-11-16(13-15(14)2)21-19(23)18-9-6-12-22(18)20(24)25-17-7-4-3-5-8-17/h3-5,7-8,10-11,13,18H,6,9,12H2,1-2H3,(H,21,23)/t18-/m0/s1. The van der Waals surface area contributed by atoms with Gasteiger partial charge in [0, 0.05) is 12.2 Å². The first-order chi connectivity index (χ1) is 12.0. The van der Waals surface area contributed by atoms with E-state index in [1.54, 1.807) is 24.3 Å². The van der Waals surface area contributed by atoms with Crippen LogP contribution in [0.3, 0.4) is 0 Å². The van der Waals surface area contributed by atoms with Gasteiger partial charge in [0.15, 0.2) is 0 Å². The van der Waals surface area contributed by atoms with Crippen molar-refractivity contribution in [1.29, 1.82) is 0 Å². The molecule has 1 heterocycles. The van der Waals surface area contributed by atoms with E-state index < -0.39 is 12.1 Å². The second-order valence-corrected chi connectivity index (χ2v) is 6.32. The molecular formula is C20H22N2O3. The van der Waals surface area contributed by atoms with Gasteiger partial charge in [-0.1, -0.05) is 24.3 Å². The van der Waals surface area contributed by atoms with Crippen LogP contribution < -0.4 is 10.1 Å². The summed E-state index contributed by atoms with van der Waals surface area (Å²) in [6, 6.07) is 14.2. The van der Waals surface area contributed by atoms with Gasteiger partial charge in [-0.3, -0.25) is 9.69 Å². The molecule has 1 atom stereocenters. The smallest absolute Gasteiger partial charge is 0.410 e. The molecule has 3 rings (SSSR count). The number of carbonyl (C=O) groups is 2. The number of nitrogens with one attached hydrogen (secondary N) is 1. The molecule has 2 aromatic rings. The normalized spacial score (nSPS) is 16.6. The summed E-state index contributed by atoms with van der Waals surface area (Å²) >= 11 is 0. The van der Waals surface area contributed by atoms with Crippen molar-refractivity contribution >= 4 is 17.7 Å². The summed E-state index contributed by atoms with van der Waals surface area (Å²) in [6.45, 7) is 4.56. The minimum absolute atomic E-state index is 0.175. The third-order valence-corrected chi connectivity index (χ3v) is 4.51. The number of para-hydroxylation sites is 1. The Morgan fingerprint density at radius 2 is 1.84 bits per heavy atom. The van der Waals surface area contributed by atoms with Crippen LogP contribution in [0.4, 0.5) is 10.5 Å². The molecule has 5 nitrogen and oxygen atoms in total. The fourth-order valence-electron chi connectivity index (χ4n) is 2.95. The molecule has 0 radical (unpaired) electrons. The highest BCUT2D eigenvalue weighted by atomic mass is 16.6. The van der Waals surface area contributed by atoms with Gasteiger partial charge < -0.3 is 10.1 Å². The quantitative estimate of drug-likeness (QED) is 0.923. The first-order valence-electron chi connectivity index (χ1n) is 8.46. The van der Waals surface area contributed by atoms with Crippen molar-refractivity contribution in [3.05, 3.63) is 59.7 Å². The maximum Gasteiger partial charge on any atom is 0.415 e. The maximum atomic E-state index is 12.6. The number of hydrogen-bond donors (Lipinski definition) is 1. The van der Waals surface area contributed by atoms with Crippen molar-refractivity contribution in [2.24, 2.45) is 0 Å². The summed E-state index contributed by atoms with van der Waals surface area (Å²) in [5.74, 6) is 0.304.